The third-order valence-corrected chi connectivity index (χ3v) is 9.79. The Kier molecular flexibility index (Phi) is 9.56. The van der Waals surface area contributed by atoms with Crippen LogP contribution in [0.15, 0.2) is 35.8 Å². The van der Waals surface area contributed by atoms with Crippen molar-refractivity contribution >= 4 is 39.6 Å². The second kappa shape index (κ2) is 13.3. The molecule has 2 aliphatic rings. The van der Waals surface area contributed by atoms with Crippen molar-refractivity contribution in [1.82, 2.24) is 25.1 Å². The van der Waals surface area contributed by atoms with E-state index < -0.39 is 0 Å². The highest BCUT2D eigenvalue weighted by Crippen LogP contribution is 2.27. The van der Waals surface area contributed by atoms with Gasteiger partial charge in [-0.3, -0.25) is 15.0 Å². The van der Waals surface area contributed by atoms with Crippen molar-refractivity contribution in [3.8, 4) is 0 Å². The summed E-state index contributed by atoms with van der Waals surface area (Å²) in [5.41, 5.74) is 1.82. The van der Waals surface area contributed by atoms with Gasteiger partial charge in [0.1, 0.15) is 10.8 Å². The molecule has 40 heavy (non-hydrogen) atoms. The predicted octanol–water partition coefficient (Wildman–Crippen LogP) is 5.22. The Morgan fingerprint density at radius 3 is 2.67 bits per heavy atom. The van der Waals surface area contributed by atoms with Gasteiger partial charge in [-0.25, -0.2) is 19.2 Å². The number of rotatable bonds is 9. The zero-order valence-electron chi connectivity index (χ0n) is 23.1. The van der Waals surface area contributed by atoms with E-state index in [1.165, 1.54) is 30.2 Å². The summed E-state index contributed by atoms with van der Waals surface area (Å²) in [5, 5.41) is 9.66. The molecule has 0 bridgehead atoms. The van der Waals surface area contributed by atoms with Crippen LogP contribution < -0.4 is 10.6 Å². The van der Waals surface area contributed by atoms with E-state index in [1.807, 2.05) is 23.7 Å². The molecule has 3 aromatic rings. The molecule has 0 saturated carbocycles. The van der Waals surface area contributed by atoms with Crippen molar-refractivity contribution < 1.29 is 14.0 Å². The number of halogens is 1. The van der Waals surface area contributed by atoms with Gasteiger partial charge >= 0.3 is 6.03 Å². The number of aromatic nitrogens is 2. The average molecular weight is 585 g/mol. The first-order chi connectivity index (χ1) is 19.3. The van der Waals surface area contributed by atoms with Gasteiger partial charge in [-0.05, 0) is 62.8 Å². The van der Waals surface area contributed by atoms with Crippen molar-refractivity contribution in [2.24, 2.45) is 11.8 Å². The standard InChI is InChI=1S/C29H37FN6O2S2/c1-19-27(20(2)37)40-29(32-19)34-28(38)33-25-9-12-36(18-26-31-10-13-39-26)17-23(25)16-35-11-3-4-22(15-35)14-21-5-7-24(30)8-6-21/h5-8,10,13,22-23,25H,3-4,9,11-12,14-18H2,1-2H3,(H2,32,33,34,38)/t22?,23-,25-/m1/s1. The van der Waals surface area contributed by atoms with Crippen LogP contribution in [0.3, 0.4) is 0 Å². The molecule has 2 aliphatic heterocycles. The number of likely N-dealkylation sites (tertiary alicyclic amines) is 2. The molecule has 2 aromatic heterocycles. The summed E-state index contributed by atoms with van der Waals surface area (Å²) in [7, 11) is 0. The summed E-state index contributed by atoms with van der Waals surface area (Å²) in [6.45, 7) is 8.86. The van der Waals surface area contributed by atoms with E-state index in [0.717, 1.165) is 63.5 Å². The molecule has 1 unspecified atom stereocenters. The molecule has 11 heteroatoms. The minimum Gasteiger partial charge on any atom is -0.335 e. The van der Waals surface area contributed by atoms with Crippen LogP contribution >= 0.6 is 22.7 Å². The third kappa shape index (κ3) is 7.72. The largest absolute Gasteiger partial charge is 0.335 e. The minimum atomic E-state index is -0.278. The Hall–Kier alpha value is -2.73. The van der Waals surface area contributed by atoms with Crippen LogP contribution in [0.4, 0.5) is 14.3 Å². The minimum absolute atomic E-state index is 0.0263. The molecule has 4 heterocycles. The molecule has 2 N–H and O–H groups in total. The maximum absolute atomic E-state index is 13.4. The van der Waals surface area contributed by atoms with Crippen LogP contribution in [0.2, 0.25) is 0 Å². The predicted molar refractivity (Wildman–Crippen MR) is 158 cm³/mol. The van der Waals surface area contributed by atoms with Crippen LogP contribution in [0.5, 0.6) is 0 Å². The molecule has 0 radical (unpaired) electrons. The number of Topliss-reactive ketones (excluding diaryl/α,β-unsaturated/α-hetero) is 1. The average Bonchev–Trinajstić information content (AvgIpc) is 3.56. The van der Waals surface area contributed by atoms with E-state index >= 15 is 0 Å². The number of carbonyl (C=O) groups excluding carboxylic acids is 2. The maximum Gasteiger partial charge on any atom is 0.321 e. The van der Waals surface area contributed by atoms with E-state index in [4.69, 9.17) is 0 Å². The molecule has 5 rings (SSSR count). The number of hydrogen-bond donors (Lipinski definition) is 2. The highest BCUT2D eigenvalue weighted by molar-refractivity contribution is 7.17. The second-order valence-corrected chi connectivity index (χ2v) is 13.0. The van der Waals surface area contributed by atoms with Crippen molar-refractivity contribution in [2.75, 3.05) is 38.0 Å². The number of benzene rings is 1. The molecular formula is C29H37FN6O2S2. The number of aryl methyl sites for hydroxylation is 1. The molecule has 8 nitrogen and oxygen atoms in total. The van der Waals surface area contributed by atoms with Gasteiger partial charge in [-0.2, -0.15) is 0 Å². The molecule has 3 atom stereocenters. The molecule has 0 spiro atoms. The van der Waals surface area contributed by atoms with Crippen LogP contribution in [-0.2, 0) is 13.0 Å². The van der Waals surface area contributed by atoms with Gasteiger partial charge in [0.15, 0.2) is 10.9 Å². The van der Waals surface area contributed by atoms with E-state index in [1.54, 1.807) is 30.4 Å². The Balaban J connectivity index is 1.22. The van der Waals surface area contributed by atoms with Gasteiger partial charge in [-0.15, -0.1) is 11.3 Å². The number of amides is 2. The maximum atomic E-state index is 13.4. The van der Waals surface area contributed by atoms with Gasteiger partial charge in [0, 0.05) is 56.6 Å². The van der Waals surface area contributed by atoms with E-state index in [0.29, 0.717) is 21.6 Å². The van der Waals surface area contributed by atoms with Crippen molar-refractivity contribution in [2.45, 2.75) is 52.1 Å². The molecule has 0 aliphatic carbocycles. The molecular weight excluding hydrogens is 547 g/mol. The third-order valence-electron chi connectivity index (χ3n) is 7.85. The number of nitrogens with zero attached hydrogens (tertiary/aromatic N) is 4. The molecule has 214 valence electrons. The first kappa shape index (κ1) is 28.8. The van der Waals surface area contributed by atoms with Crippen molar-refractivity contribution in [3.05, 3.63) is 62.8 Å². The fraction of sp³-hybridized carbons (Fsp3) is 0.517. The molecule has 2 fully saturated rings. The summed E-state index contributed by atoms with van der Waals surface area (Å²) in [5.74, 6) is 0.554. The van der Waals surface area contributed by atoms with Gasteiger partial charge in [-0.1, -0.05) is 23.5 Å². The Bertz CT molecular complexity index is 1280. The van der Waals surface area contributed by atoms with Crippen LogP contribution in [0, 0.1) is 24.6 Å². The Morgan fingerprint density at radius 1 is 1.12 bits per heavy atom. The Morgan fingerprint density at radius 2 is 1.95 bits per heavy atom. The summed E-state index contributed by atoms with van der Waals surface area (Å²) < 4.78 is 13.4. The number of thiazole rings is 2. The first-order valence-corrected chi connectivity index (χ1v) is 15.7. The highest BCUT2D eigenvalue weighted by Gasteiger charge is 2.33. The number of hydrogen-bond acceptors (Lipinski definition) is 8. The summed E-state index contributed by atoms with van der Waals surface area (Å²) in [6.07, 6.45) is 5.97. The summed E-state index contributed by atoms with van der Waals surface area (Å²) >= 11 is 2.89. The zero-order valence-corrected chi connectivity index (χ0v) is 24.7. The SMILES string of the molecule is CC(=O)c1sc(NC(=O)N[C@@H]2CCN(Cc3nccs3)C[C@H]2CN2CCCC(Cc3ccc(F)cc3)C2)nc1C. The summed E-state index contributed by atoms with van der Waals surface area (Å²) in [6, 6.07) is 6.63. The van der Waals surface area contributed by atoms with Gasteiger partial charge in [0.2, 0.25) is 0 Å². The monoisotopic (exact) mass is 584 g/mol. The lowest BCUT2D eigenvalue weighted by atomic mass is 9.88. The van der Waals surface area contributed by atoms with Crippen LogP contribution in [0.1, 0.15) is 52.1 Å². The fourth-order valence-corrected chi connectivity index (χ4v) is 7.51. The van der Waals surface area contributed by atoms with Crippen LogP contribution in [-0.4, -0.2) is 70.3 Å². The lowest BCUT2D eigenvalue weighted by Crippen LogP contribution is -2.55. The normalized spacial score (nSPS) is 22.2. The van der Waals surface area contributed by atoms with Crippen molar-refractivity contribution in [1.29, 1.82) is 0 Å². The lowest BCUT2D eigenvalue weighted by molar-refractivity contribution is 0.0818. The van der Waals surface area contributed by atoms with Gasteiger partial charge < -0.3 is 10.2 Å². The number of nitrogens with one attached hydrogen (secondary N) is 2. The molecule has 2 saturated heterocycles. The number of urea groups is 1. The van der Waals surface area contributed by atoms with Gasteiger partial charge in [0.25, 0.3) is 0 Å². The number of carbonyl (C=O) groups is 2. The second-order valence-electron chi connectivity index (χ2n) is 11.0. The number of piperidine rings is 2. The molecule has 2 amide bonds. The lowest BCUT2D eigenvalue weighted by Gasteiger charge is -2.42. The van der Waals surface area contributed by atoms with E-state index in [-0.39, 0.29) is 29.6 Å². The van der Waals surface area contributed by atoms with Gasteiger partial charge in [0.05, 0.1) is 17.1 Å². The Labute approximate surface area is 243 Å². The molecule has 1 aromatic carbocycles. The fourth-order valence-electron chi connectivity index (χ4n) is 6.00. The summed E-state index contributed by atoms with van der Waals surface area (Å²) in [4.78, 5) is 39.2. The topological polar surface area (TPSA) is 90.5 Å². The zero-order chi connectivity index (χ0) is 28.1. The quantitative estimate of drug-likeness (QED) is 0.336. The highest BCUT2D eigenvalue weighted by atomic mass is 32.1. The number of anilines is 1. The van der Waals surface area contributed by atoms with Crippen molar-refractivity contribution in [3.63, 3.8) is 0 Å². The van der Waals surface area contributed by atoms with E-state index in [9.17, 15) is 14.0 Å². The smallest absolute Gasteiger partial charge is 0.321 e. The van der Waals surface area contributed by atoms with E-state index in [2.05, 4.69) is 30.4 Å². The number of ketones is 1. The van der Waals surface area contributed by atoms with Crippen LogP contribution in [0.25, 0.3) is 0 Å². The first-order valence-electron chi connectivity index (χ1n) is 14.0.